The normalized spacial score (nSPS) is 11.7. The molecule has 0 saturated carbocycles. The van der Waals surface area contributed by atoms with Crippen molar-refractivity contribution in [3.8, 4) is 0 Å². The molecular weight excluding hydrogens is 310 g/mol. The number of hydrogen-bond acceptors (Lipinski definition) is 12. The van der Waals surface area contributed by atoms with Crippen molar-refractivity contribution in [2.45, 2.75) is 0 Å². The summed E-state index contributed by atoms with van der Waals surface area (Å²) in [6, 6.07) is 4.89. The van der Waals surface area contributed by atoms with Crippen LogP contribution in [0.4, 0.5) is 17.1 Å². The maximum atomic E-state index is 4.58. The highest BCUT2D eigenvalue weighted by atomic mass is 16.6. The topological polar surface area (TPSA) is 139 Å². The number of hydrogen-bond donors (Lipinski definition) is 0. The van der Waals surface area contributed by atoms with Gasteiger partial charge in [0.15, 0.2) is 0 Å². The number of benzene rings is 1. The molecule has 124 valence electrons. The average Bonchev–Trinajstić information content (AvgIpc) is 2.58. The highest BCUT2D eigenvalue weighted by molar-refractivity contribution is 5.77. The fourth-order valence-corrected chi connectivity index (χ4v) is 1.29. The van der Waals surface area contributed by atoms with Gasteiger partial charge in [-0.1, -0.05) is 6.07 Å². The molecule has 0 aliphatic rings. The third kappa shape index (κ3) is 5.49. The lowest BCUT2D eigenvalue weighted by atomic mass is 10.2. The van der Waals surface area contributed by atoms with Gasteiger partial charge in [0, 0.05) is 21.1 Å². The fourth-order valence-electron chi connectivity index (χ4n) is 1.29. The maximum Gasteiger partial charge on any atom is 0.144 e. The number of anilines is 1. The van der Waals surface area contributed by atoms with Gasteiger partial charge in [0.2, 0.25) is 0 Å². The van der Waals surface area contributed by atoms with Crippen molar-refractivity contribution in [1.29, 1.82) is 0 Å². The van der Waals surface area contributed by atoms with Crippen LogP contribution in [0.5, 0.6) is 0 Å². The van der Waals surface area contributed by atoms with Gasteiger partial charge < -0.3 is 19.4 Å². The molecule has 0 atom stereocenters. The first-order valence-electron chi connectivity index (χ1n) is 5.98. The van der Waals surface area contributed by atoms with Crippen LogP contribution in [-0.2, 0) is 19.4 Å². The van der Waals surface area contributed by atoms with Crippen LogP contribution in [0, 0.1) is 0 Å². The molecule has 0 spiro atoms. The Kier molecular flexibility index (Phi) is 7.96. The van der Waals surface area contributed by atoms with Gasteiger partial charge in [0.05, 0.1) is 0 Å². The van der Waals surface area contributed by atoms with Crippen LogP contribution >= 0.6 is 0 Å². The van der Waals surface area contributed by atoms with Gasteiger partial charge in [-0.05, 0) is 22.6 Å². The molecule has 0 saturated heterocycles. The Morgan fingerprint density at radius 1 is 0.739 bits per heavy atom. The van der Waals surface area contributed by atoms with Crippen LogP contribution in [0.25, 0.3) is 0 Å². The maximum absolute atomic E-state index is 4.58. The summed E-state index contributed by atoms with van der Waals surface area (Å²) in [5.41, 5.74) is 0.843. The van der Waals surface area contributed by atoms with E-state index >= 15 is 0 Å². The van der Waals surface area contributed by atoms with Gasteiger partial charge in [-0.3, -0.25) is 0 Å². The lowest BCUT2D eigenvalue weighted by Gasteiger charge is -2.11. The number of nitrogens with zero attached hydrogens (tertiary/aromatic N) is 9. The van der Waals surface area contributed by atoms with E-state index in [2.05, 4.69) is 61.1 Å². The lowest BCUT2D eigenvalue weighted by Crippen LogP contribution is -2.06. The molecular formula is C10H15N9O4. The lowest BCUT2D eigenvalue weighted by molar-refractivity contribution is 0.172. The molecule has 1 rings (SSSR count). The van der Waals surface area contributed by atoms with E-state index in [1.165, 1.54) is 28.4 Å². The second-order valence-electron chi connectivity index (χ2n) is 3.37. The summed E-state index contributed by atoms with van der Waals surface area (Å²) in [4.78, 5) is 18.2. The highest BCUT2D eigenvalue weighted by Crippen LogP contribution is 2.39. The third-order valence-corrected chi connectivity index (χ3v) is 2.07. The Hall–Kier alpha value is -3.38. The van der Waals surface area contributed by atoms with E-state index in [-0.39, 0.29) is 5.69 Å². The highest BCUT2D eigenvalue weighted by Gasteiger charge is 2.16. The first-order valence-corrected chi connectivity index (χ1v) is 5.98. The zero-order valence-electron chi connectivity index (χ0n) is 12.9. The molecule has 1 aromatic rings. The molecule has 0 heterocycles. The summed E-state index contributed by atoms with van der Waals surface area (Å²) in [5, 5.41) is 29.7. The molecule has 0 aliphatic carbocycles. The molecule has 0 aliphatic heterocycles. The Bertz CT molecular complexity index is 576. The Labute approximate surface area is 131 Å². The first kappa shape index (κ1) is 17.7. The van der Waals surface area contributed by atoms with E-state index in [1.54, 1.807) is 18.2 Å². The van der Waals surface area contributed by atoms with Gasteiger partial charge in [-0.15, -0.1) is 15.3 Å². The quantitative estimate of drug-likeness (QED) is 0.503. The second kappa shape index (κ2) is 10.4. The minimum absolute atomic E-state index is 0.222. The van der Waals surface area contributed by atoms with E-state index in [0.29, 0.717) is 11.4 Å². The third-order valence-electron chi connectivity index (χ3n) is 2.07. The molecule has 0 fully saturated rings. The Morgan fingerprint density at radius 2 is 1.30 bits per heavy atom. The van der Waals surface area contributed by atoms with E-state index in [1.807, 2.05) is 0 Å². The predicted octanol–water partition coefficient (Wildman–Crippen LogP) is 3.64. The van der Waals surface area contributed by atoms with Crippen LogP contribution in [0.3, 0.4) is 0 Å². The van der Waals surface area contributed by atoms with Gasteiger partial charge in [0.25, 0.3) is 0 Å². The molecule has 13 heteroatoms. The van der Waals surface area contributed by atoms with Crippen molar-refractivity contribution in [1.82, 2.24) is 0 Å². The number of rotatable bonds is 9. The predicted molar refractivity (Wildman–Crippen MR) is 75.7 cm³/mol. The monoisotopic (exact) mass is 325 g/mol. The Balaban J connectivity index is 3.39. The summed E-state index contributed by atoms with van der Waals surface area (Å²) in [6.45, 7) is 0. The van der Waals surface area contributed by atoms with Crippen LogP contribution in [0.2, 0.25) is 0 Å². The zero-order valence-corrected chi connectivity index (χ0v) is 12.9. The molecule has 23 heavy (non-hydrogen) atoms. The van der Waals surface area contributed by atoms with Crippen molar-refractivity contribution in [2.75, 3.05) is 33.6 Å². The van der Waals surface area contributed by atoms with Crippen LogP contribution in [-0.4, -0.2) is 28.4 Å². The van der Waals surface area contributed by atoms with Crippen molar-refractivity contribution in [3.63, 3.8) is 0 Å². The van der Waals surface area contributed by atoms with Crippen LogP contribution in [0.1, 0.15) is 0 Å². The van der Waals surface area contributed by atoms with E-state index in [9.17, 15) is 0 Å². The summed E-state index contributed by atoms with van der Waals surface area (Å²) in [5.74, 6) is 0. The smallest absolute Gasteiger partial charge is 0.144 e. The summed E-state index contributed by atoms with van der Waals surface area (Å²) in [7, 11) is 5.35. The van der Waals surface area contributed by atoms with Crippen molar-refractivity contribution in [3.05, 3.63) is 18.2 Å². The van der Waals surface area contributed by atoms with Gasteiger partial charge in [0.1, 0.15) is 45.5 Å². The molecule has 0 bridgehead atoms. The molecule has 0 unspecified atom stereocenters. The minimum Gasteiger partial charge on any atom is -0.383 e. The van der Waals surface area contributed by atoms with Gasteiger partial charge in [-0.25, -0.2) is 0 Å². The van der Waals surface area contributed by atoms with E-state index in [4.69, 9.17) is 0 Å². The SMILES string of the molecule is CON=Nc1cccc(N(N=NOC)N=NOC)c1N=NOC. The van der Waals surface area contributed by atoms with Crippen LogP contribution < -0.4 is 5.12 Å². The summed E-state index contributed by atoms with van der Waals surface area (Å²) >= 11 is 0. The molecule has 0 N–H and O–H groups in total. The van der Waals surface area contributed by atoms with Crippen molar-refractivity contribution in [2.24, 2.45) is 41.8 Å². The standard InChI is InChI=1S/C10H15N9O4/c1-20-15-11-8-6-5-7-9(10(8)12-16-21-2)19(13-17-22-3)14-18-23-4/h5-7H,1-4H3. The summed E-state index contributed by atoms with van der Waals surface area (Å²) < 4.78 is 0. The van der Waals surface area contributed by atoms with Crippen LogP contribution in [0.15, 0.2) is 60.0 Å². The molecule has 0 radical (unpaired) electrons. The fraction of sp³-hybridized carbons (Fsp3) is 0.400. The van der Waals surface area contributed by atoms with Gasteiger partial charge in [-0.2, -0.15) is 0 Å². The Morgan fingerprint density at radius 3 is 1.87 bits per heavy atom. The van der Waals surface area contributed by atoms with Crippen molar-refractivity contribution < 1.29 is 19.4 Å². The minimum atomic E-state index is 0.222. The molecule has 0 aromatic heterocycles. The summed E-state index contributed by atoms with van der Waals surface area (Å²) in [6.07, 6.45) is 0. The molecule has 1 aromatic carbocycles. The average molecular weight is 325 g/mol. The first-order chi connectivity index (χ1) is 11.3. The second-order valence-corrected chi connectivity index (χ2v) is 3.37. The van der Waals surface area contributed by atoms with E-state index in [0.717, 1.165) is 5.12 Å². The largest absolute Gasteiger partial charge is 0.383 e. The van der Waals surface area contributed by atoms with E-state index < -0.39 is 0 Å². The molecule has 13 nitrogen and oxygen atoms in total. The molecule has 0 amide bonds. The zero-order chi connectivity index (χ0) is 16.9. The van der Waals surface area contributed by atoms with Gasteiger partial charge >= 0.3 is 0 Å². The van der Waals surface area contributed by atoms with Crippen molar-refractivity contribution >= 4 is 17.1 Å².